The van der Waals surface area contributed by atoms with Crippen molar-refractivity contribution in [1.82, 2.24) is 14.1 Å². The van der Waals surface area contributed by atoms with Crippen molar-refractivity contribution in [3.05, 3.63) is 188 Å². The first kappa shape index (κ1) is 30.5. The van der Waals surface area contributed by atoms with Crippen LogP contribution in [0.5, 0.6) is 0 Å². The molecule has 0 unspecified atom stereocenters. The molecule has 0 amide bonds. The lowest BCUT2D eigenvalue weighted by Crippen LogP contribution is -1.94. The Kier molecular flexibility index (Phi) is 6.50. The van der Waals surface area contributed by atoms with Crippen molar-refractivity contribution in [3.8, 4) is 33.1 Å². The number of fused-ring (bicyclic) bond motifs is 11. The summed E-state index contributed by atoms with van der Waals surface area (Å²) in [6, 6.07) is 68.4. The number of hydrogen-bond donors (Lipinski definition) is 0. The van der Waals surface area contributed by atoms with Crippen molar-refractivity contribution in [2.24, 2.45) is 0 Å². The van der Waals surface area contributed by atoms with E-state index in [1.54, 1.807) is 11.3 Å². The van der Waals surface area contributed by atoms with Crippen LogP contribution in [-0.2, 0) is 0 Å². The molecule has 12 aromatic rings. The Balaban J connectivity index is 1.01. The Morgan fingerprint density at radius 1 is 0.364 bits per heavy atom. The van der Waals surface area contributed by atoms with Gasteiger partial charge < -0.3 is 9.13 Å². The molecule has 0 aliphatic heterocycles. The average Bonchev–Trinajstić information content (AvgIpc) is 3.94. The molecule has 0 bridgehead atoms. The maximum absolute atomic E-state index is 5.05. The van der Waals surface area contributed by atoms with Gasteiger partial charge in [-0.3, -0.25) is 0 Å². The number of benzene rings is 9. The minimum Gasteiger partial charge on any atom is -0.309 e. The average molecular weight is 718 g/mol. The number of nitrogens with zero attached hydrogens (tertiary/aromatic N) is 3. The summed E-state index contributed by atoms with van der Waals surface area (Å²) < 4.78 is 6.04. The molecule has 0 aliphatic carbocycles. The molecule has 0 saturated heterocycles. The fourth-order valence-corrected chi connectivity index (χ4v) is 9.94. The molecular formula is C51H31N3S. The van der Waals surface area contributed by atoms with E-state index in [0.29, 0.717) is 0 Å². The molecule has 0 fully saturated rings. The van der Waals surface area contributed by atoms with E-state index in [1.807, 2.05) is 0 Å². The van der Waals surface area contributed by atoms with Crippen LogP contribution in [0.4, 0.5) is 0 Å². The van der Waals surface area contributed by atoms with Gasteiger partial charge in [0.05, 0.1) is 32.3 Å². The van der Waals surface area contributed by atoms with Crippen LogP contribution in [0.2, 0.25) is 0 Å². The standard InChI is InChI=1S/C51H31N3S/c1-3-11-33(12-4-1)51-52-44-26-21-32-19-20-36-29-38(24-25-39(36)49(32)50(44)55-51)54-46-18-10-8-16-41(46)43-31-35(23-28-48(43)54)34-22-27-47-42(30-34)40-15-7-9-17-45(40)53(47)37-13-5-2-6-14-37/h1-31H. The van der Waals surface area contributed by atoms with E-state index >= 15 is 0 Å². The first-order valence-corrected chi connectivity index (χ1v) is 19.5. The van der Waals surface area contributed by atoms with Crippen molar-refractivity contribution in [1.29, 1.82) is 0 Å². The maximum Gasteiger partial charge on any atom is 0.124 e. The Labute approximate surface area is 320 Å². The summed E-state index contributed by atoms with van der Waals surface area (Å²) >= 11 is 1.78. The topological polar surface area (TPSA) is 22.8 Å². The molecule has 9 aromatic carbocycles. The summed E-state index contributed by atoms with van der Waals surface area (Å²) in [6.07, 6.45) is 0. The number of hydrogen-bond acceptors (Lipinski definition) is 2. The summed E-state index contributed by atoms with van der Waals surface area (Å²) in [5.41, 5.74) is 11.8. The molecule has 3 heterocycles. The first-order valence-electron chi connectivity index (χ1n) is 18.7. The van der Waals surface area contributed by atoms with Crippen molar-refractivity contribution in [2.75, 3.05) is 0 Å². The van der Waals surface area contributed by atoms with Crippen LogP contribution < -0.4 is 0 Å². The van der Waals surface area contributed by atoms with E-state index in [9.17, 15) is 0 Å². The molecule has 0 radical (unpaired) electrons. The highest BCUT2D eigenvalue weighted by Gasteiger charge is 2.17. The largest absolute Gasteiger partial charge is 0.309 e. The molecule has 4 heteroatoms. The van der Waals surface area contributed by atoms with Gasteiger partial charge in [0.1, 0.15) is 5.01 Å². The SMILES string of the molecule is c1ccc(-c2nc3ccc4ccc5cc(-n6c7ccccc7c7cc(-c8ccc9c(c8)c8ccccc8n9-c8ccccc8)ccc76)ccc5c4c3s2)cc1. The van der Waals surface area contributed by atoms with E-state index in [1.165, 1.54) is 86.7 Å². The zero-order valence-corrected chi connectivity index (χ0v) is 30.5. The van der Waals surface area contributed by atoms with Gasteiger partial charge in [-0.25, -0.2) is 4.98 Å². The normalized spacial score (nSPS) is 12.0. The maximum atomic E-state index is 5.05. The van der Waals surface area contributed by atoms with Crippen molar-refractivity contribution >= 4 is 86.7 Å². The third-order valence-electron chi connectivity index (χ3n) is 11.3. The molecule has 55 heavy (non-hydrogen) atoms. The molecule has 3 nitrogen and oxygen atoms in total. The van der Waals surface area contributed by atoms with Crippen molar-refractivity contribution < 1.29 is 0 Å². The molecule has 256 valence electrons. The molecule has 0 aliphatic rings. The van der Waals surface area contributed by atoms with E-state index in [4.69, 9.17) is 4.98 Å². The predicted octanol–water partition coefficient (Wildman–Crippen LogP) is 14.1. The Morgan fingerprint density at radius 3 is 1.62 bits per heavy atom. The number of para-hydroxylation sites is 3. The second-order valence-electron chi connectivity index (χ2n) is 14.4. The summed E-state index contributed by atoms with van der Waals surface area (Å²) in [6.45, 7) is 0. The van der Waals surface area contributed by atoms with E-state index in [2.05, 4.69) is 197 Å². The number of aromatic nitrogens is 3. The van der Waals surface area contributed by atoms with Gasteiger partial charge in [0, 0.05) is 43.9 Å². The molecule has 0 saturated carbocycles. The van der Waals surface area contributed by atoms with Crippen LogP contribution in [-0.4, -0.2) is 14.1 Å². The van der Waals surface area contributed by atoms with Gasteiger partial charge in [0.25, 0.3) is 0 Å². The van der Waals surface area contributed by atoms with Crippen LogP contribution in [0.1, 0.15) is 0 Å². The van der Waals surface area contributed by atoms with Gasteiger partial charge in [0.2, 0.25) is 0 Å². The Hall–Kier alpha value is -7.01. The highest BCUT2D eigenvalue weighted by molar-refractivity contribution is 7.22. The highest BCUT2D eigenvalue weighted by atomic mass is 32.1. The van der Waals surface area contributed by atoms with Gasteiger partial charge in [-0.05, 0) is 94.0 Å². The van der Waals surface area contributed by atoms with Crippen LogP contribution in [0.3, 0.4) is 0 Å². The second-order valence-corrected chi connectivity index (χ2v) is 15.4. The molecule has 3 aromatic heterocycles. The monoisotopic (exact) mass is 717 g/mol. The lowest BCUT2D eigenvalue weighted by molar-refractivity contribution is 1.18. The highest BCUT2D eigenvalue weighted by Crippen LogP contribution is 2.41. The molecular weight excluding hydrogens is 687 g/mol. The lowest BCUT2D eigenvalue weighted by Gasteiger charge is -2.11. The number of rotatable bonds is 4. The van der Waals surface area contributed by atoms with E-state index in [-0.39, 0.29) is 0 Å². The van der Waals surface area contributed by atoms with Gasteiger partial charge in [-0.1, -0.05) is 121 Å². The fourth-order valence-electron chi connectivity index (χ4n) is 8.80. The Bertz CT molecular complexity index is 3480. The van der Waals surface area contributed by atoms with Gasteiger partial charge in [0.15, 0.2) is 0 Å². The molecule has 12 rings (SSSR count). The van der Waals surface area contributed by atoms with E-state index in [0.717, 1.165) is 21.8 Å². The van der Waals surface area contributed by atoms with Crippen LogP contribution in [0.25, 0.3) is 108 Å². The summed E-state index contributed by atoms with van der Waals surface area (Å²) in [4.78, 5) is 5.05. The van der Waals surface area contributed by atoms with Crippen LogP contribution in [0, 0.1) is 0 Å². The Morgan fingerprint density at radius 2 is 0.927 bits per heavy atom. The van der Waals surface area contributed by atoms with Crippen molar-refractivity contribution in [2.45, 2.75) is 0 Å². The predicted molar refractivity (Wildman–Crippen MR) is 234 cm³/mol. The van der Waals surface area contributed by atoms with E-state index < -0.39 is 0 Å². The fraction of sp³-hybridized carbons (Fsp3) is 0. The summed E-state index contributed by atoms with van der Waals surface area (Å²) in [5, 5.41) is 11.1. The smallest absolute Gasteiger partial charge is 0.124 e. The first-order chi connectivity index (χ1) is 27.3. The van der Waals surface area contributed by atoms with Gasteiger partial charge >= 0.3 is 0 Å². The zero-order valence-electron chi connectivity index (χ0n) is 29.6. The summed E-state index contributed by atoms with van der Waals surface area (Å²) in [5.74, 6) is 0. The molecule has 0 spiro atoms. The van der Waals surface area contributed by atoms with Crippen LogP contribution in [0.15, 0.2) is 188 Å². The van der Waals surface area contributed by atoms with Crippen LogP contribution >= 0.6 is 11.3 Å². The zero-order chi connectivity index (χ0) is 36.0. The lowest BCUT2D eigenvalue weighted by atomic mass is 10.0. The van der Waals surface area contributed by atoms with Gasteiger partial charge in [-0.2, -0.15) is 0 Å². The minimum atomic E-state index is 1.05. The van der Waals surface area contributed by atoms with Gasteiger partial charge in [-0.15, -0.1) is 11.3 Å². The summed E-state index contributed by atoms with van der Waals surface area (Å²) in [7, 11) is 0. The second kappa shape index (κ2) is 11.7. The third-order valence-corrected chi connectivity index (χ3v) is 12.4. The molecule has 0 atom stereocenters. The third kappa shape index (κ3) is 4.59. The quantitative estimate of drug-likeness (QED) is 0.166. The molecule has 0 N–H and O–H groups in total. The minimum absolute atomic E-state index is 1.05. The van der Waals surface area contributed by atoms with Crippen molar-refractivity contribution in [3.63, 3.8) is 0 Å². The number of thiazole rings is 1.